The van der Waals surface area contributed by atoms with E-state index in [1.807, 2.05) is 0 Å². The van der Waals surface area contributed by atoms with Crippen LogP contribution in [0, 0.1) is 35.2 Å². The van der Waals surface area contributed by atoms with Gasteiger partial charge in [0.25, 0.3) is 0 Å². The Morgan fingerprint density at radius 3 is 2.41 bits per heavy atom. The van der Waals surface area contributed by atoms with Crippen molar-refractivity contribution in [2.75, 3.05) is 6.61 Å². The molecule has 4 rings (SSSR count). The first-order chi connectivity index (χ1) is 18.6. The SMILES string of the molecule is CCCCCC1CCC(c2ccc(OC(=O)c3cc(F)c4c(F)c(C#CC(F)(F)F)c(F)cc4c3)cc2)OC1. The predicted octanol–water partition coefficient (Wildman–Crippen LogP) is 8.44. The first kappa shape index (κ1) is 28.5. The molecule has 2 atom stereocenters. The number of alkyl halides is 3. The van der Waals surface area contributed by atoms with Crippen molar-refractivity contribution in [1.29, 1.82) is 0 Å². The molecule has 3 aromatic rings. The maximum atomic E-state index is 14.7. The average Bonchev–Trinajstić information content (AvgIpc) is 2.88. The topological polar surface area (TPSA) is 35.5 Å². The highest BCUT2D eigenvalue weighted by atomic mass is 19.4. The zero-order valence-electron chi connectivity index (χ0n) is 21.1. The smallest absolute Gasteiger partial charge is 0.423 e. The van der Waals surface area contributed by atoms with Crippen LogP contribution in [0.1, 0.15) is 73.0 Å². The Hall–Kier alpha value is -3.51. The molecule has 0 aromatic heterocycles. The first-order valence-electron chi connectivity index (χ1n) is 12.7. The third-order valence-electron chi connectivity index (χ3n) is 6.69. The van der Waals surface area contributed by atoms with Crippen LogP contribution in [0.2, 0.25) is 0 Å². The van der Waals surface area contributed by atoms with Crippen LogP contribution in [-0.2, 0) is 4.74 Å². The number of ether oxygens (including phenoxy) is 2. The van der Waals surface area contributed by atoms with Crippen LogP contribution in [0.5, 0.6) is 5.75 Å². The molecule has 0 spiro atoms. The standard InChI is InChI=1S/C30H26F6O3/c1-2-3-4-5-18-6-11-26(38-17-18)19-7-9-22(10-8-19)39-29(37)21-14-20-15-24(31)23(12-13-30(34,35)36)28(33)27(20)25(32)16-21/h7-10,14-16,18,26H,2-6,11,17H2,1H3. The Balaban J connectivity index is 1.45. The Morgan fingerprint density at radius 2 is 1.77 bits per heavy atom. The van der Waals surface area contributed by atoms with Crippen molar-refractivity contribution in [1.82, 2.24) is 0 Å². The van der Waals surface area contributed by atoms with Crippen LogP contribution < -0.4 is 4.74 Å². The predicted molar refractivity (Wildman–Crippen MR) is 134 cm³/mol. The van der Waals surface area contributed by atoms with E-state index in [1.165, 1.54) is 25.2 Å². The van der Waals surface area contributed by atoms with Crippen LogP contribution in [0.3, 0.4) is 0 Å². The largest absolute Gasteiger partial charge is 0.458 e. The summed E-state index contributed by atoms with van der Waals surface area (Å²) in [7, 11) is 0. The molecule has 1 fully saturated rings. The quantitative estimate of drug-likeness (QED) is 0.0977. The summed E-state index contributed by atoms with van der Waals surface area (Å²) in [5.74, 6) is -2.40. The molecule has 3 nitrogen and oxygen atoms in total. The molecule has 0 amide bonds. The van der Waals surface area contributed by atoms with Crippen LogP contribution in [0.4, 0.5) is 26.3 Å². The molecular formula is C30H26F6O3. The second kappa shape index (κ2) is 12.1. The summed E-state index contributed by atoms with van der Waals surface area (Å²) in [6.07, 6.45) is 1.71. The van der Waals surface area contributed by atoms with Gasteiger partial charge in [-0.1, -0.05) is 44.2 Å². The summed E-state index contributed by atoms with van der Waals surface area (Å²) < 4.78 is 92.0. The maximum Gasteiger partial charge on any atom is 0.458 e. The lowest BCUT2D eigenvalue weighted by molar-refractivity contribution is -0.0696. The van der Waals surface area contributed by atoms with E-state index >= 15 is 0 Å². The number of benzene rings is 3. The summed E-state index contributed by atoms with van der Waals surface area (Å²) in [5, 5.41) is -1.16. The molecule has 3 aromatic carbocycles. The number of rotatable bonds is 7. The molecular weight excluding hydrogens is 522 g/mol. The molecule has 206 valence electrons. The fraction of sp³-hybridized carbons (Fsp3) is 0.367. The van der Waals surface area contributed by atoms with Crippen molar-refractivity contribution >= 4 is 16.7 Å². The third kappa shape index (κ3) is 7.12. The van der Waals surface area contributed by atoms with Gasteiger partial charge in [0.05, 0.1) is 29.2 Å². The van der Waals surface area contributed by atoms with Gasteiger partial charge in [-0.3, -0.25) is 0 Å². The van der Waals surface area contributed by atoms with Gasteiger partial charge in [0.1, 0.15) is 17.4 Å². The van der Waals surface area contributed by atoms with Gasteiger partial charge in [-0.25, -0.2) is 18.0 Å². The Labute approximate surface area is 222 Å². The minimum Gasteiger partial charge on any atom is -0.423 e. The number of hydrogen-bond donors (Lipinski definition) is 0. The van der Waals surface area contributed by atoms with Gasteiger partial charge < -0.3 is 9.47 Å². The summed E-state index contributed by atoms with van der Waals surface area (Å²) in [6.45, 7) is 2.88. The second-order valence-electron chi connectivity index (χ2n) is 9.57. The number of carbonyl (C=O) groups is 1. The Bertz CT molecular complexity index is 1390. The molecule has 0 bridgehead atoms. The number of hydrogen-bond acceptors (Lipinski definition) is 3. The van der Waals surface area contributed by atoms with Gasteiger partial charge in [0.2, 0.25) is 0 Å². The van der Waals surface area contributed by atoms with Crippen LogP contribution in [0.15, 0.2) is 42.5 Å². The fourth-order valence-electron chi connectivity index (χ4n) is 4.67. The molecule has 0 radical (unpaired) electrons. The average molecular weight is 549 g/mol. The van der Waals surface area contributed by atoms with Crippen LogP contribution >= 0.6 is 0 Å². The van der Waals surface area contributed by atoms with Crippen LogP contribution in [-0.4, -0.2) is 18.8 Å². The molecule has 9 heteroatoms. The third-order valence-corrected chi connectivity index (χ3v) is 6.69. The van der Waals surface area contributed by atoms with Crippen LogP contribution in [0.25, 0.3) is 10.8 Å². The lowest BCUT2D eigenvalue weighted by atomic mass is 9.91. The molecule has 0 saturated carbocycles. The number of carbonyl (C=O) groups excluding carboxylic acids is 1. The lowest BCUT2D eigenvalue weighted by Crippen LogP contribution is -2.20. The van der Waals surface area contributed by atoms with Crippen molar-refractivity contribution in [3.05, 3.63) is 76.6 Å². The number of fused-ring (bicyclic) bond motifs is 1. The van der Waals surface area contributed by atoms with E-state index in [2.05, 4.69) is 6.92 Å². The fourth-order valence-corrected chi connectivity index (χ4v) is 4.67. The minimum absolute atomic E-state index is 0.0535. The van der Waals surface area contributed by atoms with Gasteiger partial charge in [-0.2, -0.15) is 13.2 Å². The highest BCUT2D eigenvalue weighted by molar-refractivity contribution is 5.97. The van der Waals surface area contributed by atoms with E-state index in [4.69, 9.17) is 9.47 Å². The lowest BCUT2D eigenvalue weighted by Gasteiger charge is -2.29. The molecule has 39 heavy (non-hydrogen) atoms. The summed E-state index contributed by atoms with van der Waals surface area (Å²) in [5.41, 5.74) is -0.612. The molecule has 1 heterocycles. The Morgan fingerprint density at radius 1 is 1.03 bits per heavy atom. The van der Waals surface area contributed by atoms with E-state index < -0.39 is 40.5 Å². The van der Waals surface area contributed by atoms with E-state index in [9.17, 15) is 31.1 Å². The molecule has 0 N–H and O–H groups in total. The molecule has 1 aliphatic heterocycles. The van der Waals surface area contributed by atoms with Gasteiger partial charge in [-0.05, 0) is 66.5 Å². The maximum absolute atomic E-state index is 14.7. The number of halogens is 6. The Kier molecular flexibility index (Phi) is 8.86. The molecule has 0 aliphatic carbocycles. The summed E-state index contributed by atoms with van der Waals surface area (Å²) in [4.78, 5) is 12.6. The zero-order valence-corrected chi connectivity index (χ0v) is 21.1. The van der Waals surface area contributed by atoms with Crippen molar-refractivity contribution in [2.45, 2.75) is 57.7 Å². The normalized spacial score (nSPS) is 17.5. The highest BCUT2D eigenvalue weighted by Gasteiger charge is 2.25. The minimum atomic E-state index is -4.99. The zero-order chi connectivity index (χ0) is 28.2. The van der Waals surface area contributed by atoms with Gasteiger partial charge >= 0.3 is 12.1 Å². The molecule has 2 unspecified atom stereocenters. The first-order valence-corrected chi connectivity index (χ1v) is 12.7. The molecule has 1 saturated heterocycles. The van der Waals surface area contributed by atoms with Gasteiger partial charge in [-0.15, -0.1) is 0 Å². The summed E-state index contributed by atoms with van der Waals surface area (Å²) in [6, 6.07) is 8.99. The van der Waals surface area contributed by atoms with Crippen molar-refractivity contribution in [3.8, 4) is 17.6 Å². The van der Waals surface area contributed by atoms with E-state index in [0.29, 0.717) is 24.7 Å². The van der Waals surface area contributed by atoms with Crippen molar-refractivity contribution < 1.29 is 40.6 Å². The van der Waals surface area contributed by atoms with Gasteiger partial charge in [0.15, 0.2) is 5.82 Å². The molecule has 1 aliphatic rings. The highest BCUT2D eigenvalue weighted by Crippen LogP contribution is 2.34. The van der Waals surface area contributed by atoms with E-state index in [1.54, 1.807) is 24.3 Å². The van der Waals surface area contributed by atoms with E-state index in [-0.39, 0.29) is 22.8 Å². The number of unbranched alkanes of at least 4 members (excludes halogenated alkanes) is 2. The van der Waals surface area contributed by atoms with Crippen molar-refractivity contribution in [3.63, 3.8) is 0 Å². The van der Waals surface area contributed by atoms with Gasteiger partial charge in [0, 0.05) is 5.92 Å². The van der Waals surface area contributed by atoms with E-state index in [0.717, 1.165) is 36.8 Å². The van der Waals surface area contributed by atoms with Crippen molar-refractivity contribution in [2.24, 2.45) is 5.92 Å². The second-order valence-corrected chi connectivity index (χ2v) is 9.57. The summed E-state index contributed by atoms with van der Waals surface area (Å²) >= 11 is 0. The number of esters is 1. The monoisotopic (exact) mass is 548 g/mol.